The number of hydrogen-bond donors (Lipinski definition) is 1. The Balaban J connectivity index is 1.81. The molecule has 1 N–H and O–H groups in total. The summed E-state index contributed by atoms with van der Waals surface area (Å²) < 4.78 is 15.0. The summed E-state index contributed by atoms with van der Waals surface area (Å²) in [6.07, 6.45) is 2.52. The van der Waals surface area contributed by atoms with Crippen LogP contribution < -0.4 is 5.62 Å². The molecule has 2 heterocycles. The third-order valence-corrected chi connectivity index (χ3v) is 6.13. The van der Waals surface area contributed by atoms with Crippen LogP contribution in [0.2, 0.25) is 0 Å². The van der Waals surface area contributed by atoms with Crippen molar-refractivity contribution in [1.82, 2.24) is 14.1 Å². The van der Waals surface area contributed by atoms with Crippen molar-refractivity contribution in [3.8, 4) is 0 Å². The van der Waals surface area contributed by atoms with Crippen molar-refractivity contribution in [2.24, 2.45) is 0 Å². The Bertz CT molecular complexity index is 1260. The van der Waals surface area contributed by atoms with Crippen LogP contribution in [0.25, 0.3) is 11.2 Å². The first-order valence-corrected chi connectivity index (χ1v) is 11.3. The minimum absolute atomic E-state index is 0.00836. The number of imidazole rings is 1. The Kier molecular flexibility index (Phi) is 7.06. The smallest absolute Gasteiger partial charge is 0.205 e. The summed E-state index contributed by atoms with van der Waals surface area (Å²) in [6.45, 7) is 6.94. The zero-order valence-electron chi connectivity index (χ0n) is 19.8. The lowest BCUT2D eigenvalue weighted by molar-refractivity contribution is -0.0416. The number of nitrogens with zero attached hydrogens (tertiary/aromatic N) is 3. The molecule has 172 valence electrons. The van der Waals surface area contributed by atoms with Crippen LogP contribution in [0.15, 0.2) is 66.9 Å². The average Bonchev–Trinajstić information content (AvgIpc) is 3.11. The monoisotopic (exact) mass is 444 g/mol. The van der Waals surface area contributed by atoms with E-state index in [1.807, 2.05) is 16.7 Å². The van der Waals surface area contributed by atoms with Crippen LogP contribution >= 0.6 is 0 Å². The minimum atomic E-state index is -0.0979. The fourth-order valence-corrected chi connectivity index (χ4v) is 4.31. The van der Waals surface area contributed by atoms with Crippen molar-refractivity contribution >= 4 is 11.2 Å². The first-order valence-electron chi connectivity index (χ1n) is 11.3. The molecule has 0 bridgehead atoms. The maximum Gasteiger partial charge on any atom is 0.205 e. The third kappa shape index (κ3) is 4.92. The molecule has 2 aromatic carbocycles. The number of benzene rings is 2. The van der Waals surface area contributed by atoms with Gasteiger partial charge in [-0.2, -0.15) is 0 Å². The quantitative estimate of drug-likeness (QED) is 0.293. The molecule has 0 aliphatic rings. The molecule has 0 aliphatic heterocycles. The Morgan fingerprint density at radius 2 is 1.61 bits per heavy atom. The van der Waals surface area contributed by atoms with Crippen LogP contribution in [0.4, 0.5) is 0 Å². The van der Waals surface area contributed by atoms with Crippen LogP contribution in [-0.2, 0) is 15.9 Å². The highest BCUT2D eigenvalue weighted by molar-refractivity contribution is 5.72. The highest BCUT2D eigenvalue weighted by Crippen LogP contribution is 2.25. The predicted octanol–water partition coefficient (Wildman–Crippen LogP) is 4.95. The largest absolute Gasteiger partial charge is 0.359 e. The second kappa shape index (κ2) is 10.1. The van der Waals surface area contributed by atoms with E-state index in [1.54, 1.807) is 13.3 Å². The standard InChI is InChI=1S/C27H32N4O2/c1-19-7-11-22(12-8-19)16-24(17-33-18-32-4)31-26-25(6-5-15-29-26)30(27(31)28)21(3)23-13-9-20(2)10-14-23/h5-15,21,24,28H,16-18H2,1-4H3. The number of pyridine rings is 1. The highest BCUT2D eigenvalue weighted by atomic mass is 16.7. The number of methoxy groups -OCH3 is 1. The summed E-state index contributed by atoms with van der Waals surface area (Å²) in [6, 6.07) is 20.9. The SMILES string of the molecule is COCOCC(Cc1ccc(C)cc1)n1c(=N)n(C(C)c2ccc(C)cc2)c2cccnc21. The summed E-state index contributed by atoms with van der Waals surface area (Å²) in [4.78, 5) is 4.69. The molecule has 0 saturated heterocycles. The van der Waals surface area contributed by atoms with Crippen molar-refractivity contribution in [3.63, 3.8) is 0 Å². The zero-order chi connectivity index (χ0) is 23.4. The number of nitrogens with one attached hydrogen (secondary N) is 1. The number of fused-ring (bicyclic) bond motifs is 1. The van der Waals surface area contributed by atoms with E-state index in [9.17, 15) is 5.41 Å². The van der Waals surface area contributed by atoms with Gasteiger partial charge in [0.2, 0.25) is 5.62 Å². The van der Waals surface area contributed by atoms with Gasteiger partial charge in [0.1, 0.15) is 6.79 Å². The van der Waals surface area contributed by atoms with Gasteiger partial charge < -0.3 is 14.0 Å². The summed E-state index contributed by atoms with van der Waals surface area (Å²) in [5.74, 6) is 0. The first-order chi connectivity index (χ1) is 16.0. The van der Waals surface area contributed by atoms with Gasteiger partial charge in [0, 0.05) is 13.3 Å². The van der Waals surface area contributed by atoms with Crippen molar-refractivity contribution in [3.05, 3.63) is 94.7 Å². The average molecular weight is 445 g/mol. The molecular weight excluding hydrogens is 412 g/mol. The Labute approximate surface area is 194 Å². The molecule has 0 aliphatic carbocycles. The minimum Gasteiger partial charge on any atom is -0.359 e. The Morgan fingerprint density at radius 1 is 0.939 bits per heavy atom. The van der Waals surface area contributed by atoms with Gasteiger partial charge in [0.15, 0.2) is 5.65 Å². The van der Waals surface area contributed by atoms with Gasteiger partial charge in [-0.1, -0.05) is 59.7 Å². The van der Waals surface area contributed by atoms with Crippen LogP contribution in [0.1, 0.15) is 41.3 Å². The van der Waals surface area contributed by atoms with Crippen molar-refractivity contribution in [1.29, 1.82) is 5.41 Å². The van der Waals surface area contributed by atoms with Gasteiger partial charge in [0.05, 0.1) is 24.2 Å². The van der Waals surface area contributed by atoms with E-state index in [-0.39, 0.29) is 18.9 Å². The lowest BCUT2D eigenvalue weighted by Crippen LogP contribution is -2.32. The number of aryl methyl sites for hydroxylation is 2. The van der Waals surface area contributed by atoms with Crippen molar-refractivity contribution in [2.75, 3.05) is 20.5 Å². The molecule has 6 nitrogen and oxygen atoms in total. The summed E-state index contributed by atoms with van der Waals surface area (Å²) in [5, 5.41) is 9.21. The maximum atomic E-state index is 9.21. The maximum absolute atomic E-state index is 9.21. The number of aromatic nitrogens is 3. The van der Waals surface area contributed by atoms with Crippen molar-refractivity contribution < 1.29 is 9.47 Å². The number of ether oxygens (including phenoxy) is 2. The molecule has 0 saturated carbocycles. The first kappa shape index (κ1) is 23.0. The molecule has 4 aromatic rings. The fourth-order valence-electron chi connectivity index (χ4n) is 4.31. The van der Waals surface area contributed by atoms with Gasteiger partial charge >= 0.3 is 0 Å². The molecule has 0 amide bonds. The van der Waals surface area contributed by atoms with Gasteiger partial charge in [0.25, 0.3) is 0 Å². The molecule has 0 fully saturated rings. The van der Waals surface area contributed by atoms with Gasteiger partial charge in [-0.25, -0.2) is 4.98 Å². The number of hydrogen-bond acceptors (Lipinski definition) is 4. The summed E-state index contributed by atoms with van der Waals surface area (Å²) in [5.41, 5.74) is 6.95. The van der Waals surface area contributed by atoms with Crippen LogP contribution in [0.3, 0.4) is 0 Å². The second-order valence-corrected chi connectivity index (χ2v) is 8.62. The molecule has 6 heteroatoms. The highest BCUT2D eigenvalue weighted by Gasteiger charge is 2.23. The van der Waals surface area contributed by atoms with E-state index in [0.717, 1.165) is 23.1 Å². The molecule has 0 radical (unpaired) electrons. The summed E-state index contributed by atoms with van der Waals surface area (Å²) >= 11 is 0. The topological polar surface area (TPSA) is 65.1 Å². The van der Waals surface area contributed by atoms with E-state index in [1.165, 1.54) is 16.7 Å². The van der Waals surface area contributed by atoms with Gasteiger partial charge in [-0.3, -0.25) is 9.98 Å². The fraction of sp³-hybridized carbons (Fsp3) is 0.333. The zero-order valence-corrected chi connectivity index (χ0v) is 19.8. The number of rotatable bonds is 9. The van der Waals surface area contributed by atoms with E-state index in [2.05, 4.69) is 73.9 Å². The molecule has 2 unspecified atom stereocenters. The van der Waals surface area contributed by atoms with Crippen molar-refractivity contribution in [2.45, 2.75) is 39.3 Å². The molecule has 4 rings (SSSR count). The van der Waals surface area contributed by atoms with Gasteiger partial charge in [-0.15, -0.1) is 0 Å². The Morgan fingerprint density at radius 3 is 2.27 bits per heavy atom. The second-order valence-electron chi connectivity index (χ2n) is 8.62. The predicted molar refractivity (Wildman–Crippen MR) is 130 cm³/mol. The van der Waals surface area contributed by atoms with E-state index in [4.69, 9.17) is 14.5 Å². The molecule has 2 aromatic heterocycles. The third-order valence-electron chi connectivity index (χ3n) is 6.13. The molecule has 33 heavy (non-hydrogen) atoms. The lowest BCUT2D eigenvalue weighted by atomic mass is 10.0. The van der Waals surface area contributed by atoms with Gasteiger partial charge in [-0.05, 0) is 50.5 Å². The van der Waals surface area contributed by atoms with E-state index in [0.29, 0.717) is 12.2 Å². The molecule has 2 atom stereocenters. The van der Waals surface area contributed by atoms with Crippen LogP contribution in [-0.4, -0.2) is 34.6 Å². The normalized spacial score (nSPS) is 13.3. The van der Waals surface area contributed by atoms with Crippen LogP contribution in [0, 0.1) is 19.3 Å². The Hall–Kier alpha value is -3.22. The summed E-state index contributed by atoms with van der Waals surface area (Å²) in [7, 11) is 1.62. The van der Waals surface area contributed by atoms with Crippen LogP contribution in [0.5, 0.6) is 0 Å². The molecule has 0 spiro atoms. The lowest BCUT2D eigenvalue weighted by Gasteiger charge is -2.20. The van der Waals surface area contributed by atoms with E-state index >= 15 is 0 Å². The molecular formula is C27H32N4O2. The van der Waals surface area contributed by atoms with E-state index < -0.39 is 0 Å².